The van der Waals surface area contributed by atoms with Crippen LogP contribution < -0.4 is 0 Å². The fourth-order valence-electron chi connectivity index (χ4n) is 1.69. The van der Waals surface area contributed by atoms with Gasteiger partial charge in [0.05, 0.1) is 25.9 Å². The maximum Gasteiger partial charge on any atom is 0.330 e. The van der Waals surface area contributed by atoms with Crippen molar-refractivity contribution in [2.75, 3.05) is 33.0 Å². The minimum Gasteiger partial charge on any atom is -0.460 e. The van der Waals surface area contributed by atoms with Gasteiger partial charge in [0.1, 0.15) is 25.4 Å². The van der Waals surface area contributed by atoms with Crippen LogP contribution in [0.2, 0.25) is 0 Å². The highest BCUT2D eigenvalue weighted by atomic mass is 16.6. The molecule has 0 aromatic carbocycles. The highest BCUT2D eigenvalue weighted by Crippen LogP contribution is 2.02. The summed E-state index contributed by atoms with van der Waals surface area (Å²) in [4.78, 5) is 22.3. The van der Waals surface area contributed by atoms with Gasteiger partial charge in [0, 0.05) is 12.2 Å². The Labute approximate surface area is 154 Å². The van der Waals surface area contributed by atoms with Crippen molar-refractivity contribution in [1.29, 1.82) is 0 Å². The molecular weight excluding hydrogens is 344 g/mol. The Kier molecular flexibility index (Phi) is 14.5. The molecule has 150 valence electrons. The molecule has 0 saturated carbocycles. The molecule has 0 aromatic heterocycles. The quantitative estimate of drug-likeness (QED) is 0.339. The maximum atomic E-state index is 11.1. The first-order chi connectivity index (χ1) is 12.4. The first-order valence-corrected chi connectivity index (χ1v) is 8.57. The highest BCUT2D eigenvalue weighted by molar-refractivity contribution is 5.82. The van der Waals surface area contributed by atoms with Crippen LogP contribution in [0.25, 0.3) is 0 Å². The predicted octanol–water partition coefficient (Wildman–Crippen LogP) is 0.759. The second kappa shape index (κ2) is 15.5. The van der Waals surface area contributed by atoms with Crippen LogP contribution >= 0.6 is 0 Å². The Morgan fingerprint density at radius 1 is 0.846 bits per heavy atom. The number of carbonyl (C=O) groups is 2. The van der Waals surface area contributed by atoms with Gasteiger partial charge in [-0.05, 0) is 20.3 Å². The normalized spacial score (nSPS) is 15.1. The molecule has 0 aromatic rings. The van der Waals surface area contributed by atoms with E-state index in [1.54, 1.807) is 26.0 Å². The third-order valence-electron chi connectivity index (χ3n) is 3.04. The van der Waals surface area contributed by atoms with E-state index in [1.165, 1.54) is 12.2 Å². The van der Waals surface area contributed by atoms with E-state index in [0.29, 0.717) is 6.42 Å². The fraction of sp³-hybridized carbons (Fsp3) is 0.667. The van der Waals surface area contributed by atoms with Gasteiger partial charge in [-0.15, -0.1) is 0 Å². The number of esters is 2. The zero-order valence-electron chi connectivity index (χ0n) is 15.6. The van der Waals surface area contributed by atoms with E-state index in [2.05, 4.69) is 0 Å². The van der Waals surface area contributed by atoms with Gasteiger partial charge >= 0.3 is 11.9 Å². The summed E-state index contributed by atoms with van der Waals surface area (Å²) in [7, 11) is 0. The molecule has 0 saturated heterocycles. The lowest BCUT2D eigenvalue weighted by molar-refractivity contribution is -0.144. The molecule has 2 N–H and O–H groups in total. The number of allylic oxidation sites excluding steroid dienone is 2. The minimum atomic E-state index is -0.935. The van der Waals surface area contributed by atoms with Gasteiger partial charge < -0.3 is 29.2 Å². The number of ether oxygens (including phenoxy) is 4. The molecule has 0 radical (unpaired) electrons. The first kappa shape index (κ1) is 24.3. The molecule has 0 bridgehead atoms. The fourth-order valence-corrected chi connectivity index (χ4v) is 1.69. The van der Waals surface area contributed by atoms with Crippen molar-refractivity contribution in [1.82, 2.24) is 0 Å². The molecule has 0 heterocycles. The van der Waals surface area contributed by atoms with E-state index in [9.17, 15) is 19.8 Å². The summed E-state index contributed by atoms with van der Waals surface area (Å²) < 4.78 is 20.5. The van der Waals surface area contributed by atoms with Crippen molar-refractivity contribution in [3.63, 3.8) is 0 Å². The van der Waals surface area contributed by atoms with Crippen LogP contribution in [-0.4, -0.2) is 73.5 Å². The van der Waals surface area contributed by atoms with Gasteiger partial charge in [0.2, 0.25) is 0 Å². The zero-order chi connectivity index (χ0) is 19.8. The Balaban J connectivity index is 3.90. The van der Waals surface area contributed by atoms with Crippen molar-refractivity contribution >= 4 is 11.9 Å². The molecule has 8 heteroatoms. The van der Waals surface area contributed by atoms with Crippen molar-refractivity contribution in [3.05, 3.63) is 24.3 Å². The van der Waals surface area contributed by atoms with Crippen LogP contribution in [0.5, 0.6) is 0 Å². The van der Waals surface area contributed by atoms with Crippen molar-refractivity contribution in [2.24, 2.45) is 0 Å². The smallest absolute Gasteiger partial charge is 0.330 e. The largest absolute Gasteiger partial charge is 0.460 e. The van der Waals surface area contributed by atoms with E-state index in [-0.39, 0.29) is 39.1 Å². The van der Waals surface area contributed by atoms with Gasteiger partial charge in [-0.25, -0.2) is 9.59 Å². The molecule has 0 fully saturated rings. The molecule has 0 amide bonds. The molecule has 26 heavy (non-hydrogen) atoms. The number of hydrogen-bond acceptors (Lipinski definition) is 8. The van der Waals surface area contributed by atoms with E-state index >= 15 is 0 Å². The SMILES string of the molecule is CC=CC(=O)OCC(O)COCC(CC)OCC(O)COC(=O)C=CC. The number of hydrogen-bond donors (Lipinski definition) is 2. The highest BCUT2D eigenvalue weighted by Gasteiger charge is 2.14. The Hall–Kier alpha value is -1.74. The Morgan fingerprint density at radius 2 is 1.35 bits per heavy atom. The molecule has 0 aliphatic carbocycles. The standard InChI is InChI=1S/C18H30O8/c1-4-7-17(21)25-11-14(19)9-23-13-16(6-3)24-10-15(20)12-26-18(22)8-5-2/h4-5,7-8,14-16,19-20H,6,9-13H2,1-3H3. The van der Waals surface area contributed by atoms with Crippen molar-refractivity contribution in [2.45, 2.75) is 45.5 Å². The molecule has 0 rings (SSSR count). The number of carbonyl (C=O) groups excluding carboxylic acids is 2. The lowest BCUT2D eigenvalue weighted by Gasteiger charge is -2.19. The predicted molar refractivity (Wildman–Crippen MR) is 94.4 cm³/mol. The van der Waals surface area contributed by atoms with Gasteiger partial charge in [0.15, 0.2) is 0 Å². The number of aliphatic hydroxyl groups excluding tert-OH is 2. The van der Waals surface area contributed by atoms with Crippen LogP contribution in [0, 0.1) is 0 Å². The molecule has 3 unspecified atom stereocenters. The van der Waals surface area contributed by atoms with Gasteiger partial charge in [-0.2, -0.15) is 0 Å². The summed E-state index contributed by atoms with van der Waals surface area (Å²) in [5, 5.41) is 19.4. The summed E-state index contributed by atoms with van der Waals surface area (Å²) >= 11 is 0. The first-order valence-electron chi connectivity index (χ1n) is 8.57. The van der Waals surface area contributed by atoms with E-state index in [1.807, 2.05) is 6.92 Å². The lowest BCUT2D eigenvalue weighted by atomic mass is 10.3. The van der Waals surface area contributed by atoms with E-state index in [0.717, 1.165) is 0 Å². The molecule has 3 atom stereocenters. The molecule has 8 nitrogen and oxygen atoms in total. The van der Waals surface area contributed by atoms with Gasteiger partial charge in [0.25, 0.3) is 0 Å². The number of rotatable bonds is 14. The van der Waals surface area contributed by atoms with Crippen LogP contribution in [0.3, 0.4) is 0 Å². The monoisotopic (exact) mass is 374 g/mol. The summed E-state index contributed by atoms with van der Waals surface area (Å²) in [6.45, 7) is 5.16. The summed E-state index contributed by atoms with van der Waals surface area (Å²) in [5.41, 5.74) is 0. The second-order valence-corrected chi connectivity index (χ2v) is 5.47. The summed E-state index contributed by atoms with van der Waals surface area (Å²) in [6, 6.07) is 0. The average Bonchev–Trinajstić information content (AvgIpc) is 2.61. The lowest BCUT2D eigenvalue weighted by Crippen LogP contribution is -2.30. The van der Waals surface area contributed by atoms with Crippen molar-refractivity contribution < 1.29 is 38.7 Å². The third-order valence-corrected chi connectivity index (χ3v) is 3.04. The second-order valence-electron chi connectivity index (χ2n) is 5.47. The molecule has 0 aliphatic heterocycles. The maximum absolute atomic E-state index is 11.1. The Morgan fingerprint density at radius 3 is 1.81 bits per heavy atom. The number of aliphatic hydroxyl groups is 2. The van der Waals surface area contributed by atoms with Crippen LogP contribution in [0.4, 0.5) is 0 Å². The summed E-state index contributed by atoms with van der Waals surface area (Å²) in [5.74, 6) is -1.04. The van der Waals surface area contributed by atoms with E-state index in [4.69, 9.17) is 18.9 Å². The summed E-state index contributed by atoms with van der Waals surface area (Å²) in [6.07, 6.45) is 4.10. The topological polar surface area (TPSA) is 112 Å². The van der Waals surface area contributed by atoms with Gasteiger partial charge in [-0.1, -0.05) is 19.1 Å². The third kappa shape index (κ3) is 13.5. The molecule has 0 aliphatic rings. The van der Waals surface area contributed by atoms with Crippen LogP contribution in [-0.2, 0) is 28.5 Å². The average molecular weight is 374 g/mol. The van der Waals surface area contributed by atoms with Crippen molar-refractivity contribution in [3.8, 4) is 0 Å². The van der Waals surface area contributed by atoms with Crippen LogP contribution in [0.1, 0.15) is 27.2 Å². The molecule has 0 spiro atoms. The van der Waals surface area contributed by atoms with Crippen LogP contribution in [0.15, 0.2) is 24.3 Å². The zero-order valence-corrected chi connectivity index (χ0v) is 15.6. The molecular formula is C18H30O8. The Bertz CT molecular complexity index is 446. The minimum absolute atomic E-state index is 0.00545. The van der Waals surface area contributed by atoms with Gasteiger partial charge in [-0.3, -0.25) is 0 Å². The van der Waals surface area contributed by atoms with E-state index < -0.39 is 24.1 Å².